The quantitative estimate of drug-likeness (QED) is 0.498. The zero-order valence-electron chi connectivity index (χ0n) is 20.4. The summed E-state index contributed by atoms with van der Waals surface area (Å²) in [6.07, 6.45) is 1.14. The first kappa shape index (κ1) is 27.8. The van der Waals surface area contributed by atoms with Gasteiger partial charge in [-0.15, -0.1) is 0 Å². The van der Waals surface area contributed by atoms with Crippen LogP contribution in [0.15, 0.2) is 53.4 Å². The Hall–Kier alpha value is -2.42. The number of rotatable bonds is 11. The largest absolute Gasteiger partial charge is 0.352 e. The van der Waals surface area contributed by atoms with Crippen LogP contribution >= 0.6 is 11.6 Å². The van der Waals surface area contributed by atoms with Crippen LogP contribution in [0, 0.1) is 6.92 Å². The van der Waals surface area contributed by atoms with E-state index in [0.29, 0.717) is 11.4 Å². The van der Waals surface area contributed by atoms with E-state index in [1.54, 1.807) is 36.4 Å². The monoisotopic (exact) mass is 507 g/mol. The van der Waals surface area contributed by atoms with Crippen LogP contribution < -0.4 is 5.32 Å². The highest BCUT2D eigenvalue weighted by Crippen LogP contribution is 2.18. The number of nitrogens with one attached hydrogen (secondary N) is 1. The van der Waals surface area contributed by atoms with Gasteiger partial charge in [-0.1, -0.05) is 55.3 Å². The molecule has 0 heterocycles. The van der Waals surface area contributed by atoms with E-state index in [0.717, 1.165) is 21.9 Å². The van der Waals surface area contributed by atoms with Gasteiger partial charge in [0.05, 0.1) is 11.4 Å². The summed E-state index contributed by atoms with van der Waals surface area (Å²) in [6.45, 7) is 7.33. The van der Waals surface area contributed by atoms with E-state index in [2.05, 4.69) is 5.32 Å². The third kappa shape index (κ3) is 7.29. The molecule has 186 valence electrons. The van der Waals surface area contributed by atoms with Crippen LogP contribution in [0.2, 0.25) is 5.02 Å². The minimum absolute atomic E-state index is 0.0429. The first-order chi connectivity index (χ1) is 16.0. The van der Waals surface area contributed by atoms with E-state index in [9.17, 15) is 18.0 Å². The van der Waals surface area contributed by atoms with Gasteiger partial charge in [0.1, 0.15) is 6.04 Å². The summed E-state index contributed by atoms with van der Waals surface area (Å²) in [5, 5.41) is 3.50. The van der Waals surface area contributed by atoms with Gasteiger partial charge in [0.25, 0.3) is 0 Å². The summed E-state index contributed by atoms with van der Waals surface area (Å²) < 4.78 is 27.1. The van der Waals surface area contributed by atoms with Crippen molar-refractivity contribution in [2.45, 2.75) is 64.1 Å². The van der Waals surface area contributed by atoms with Crippen LogP contribution in [0.1, 0.15) is 44.7 Å². The average Bonchev–Trinajstić information content (AvgIpc) is 2.80. The summed E-state index contributed by atoms with van der Waals surface area (Å²) in [4.78, 5) is 28.0. The van der Waals surface area contributed by atoms with Gasteiger partial charge in [-0.25, -0.2) is 8.42 Å². The molecule has 34 heavy (non-hydrogen) atoms. The summed E-state index contributed by atoms with van der Waals surface area (Å²) in [6, 6.07) is 12.7. The van der Waals surface area contributed by atoms with E-state index >= 15 is 0 Å². The Morgan fingerprint density at radius 2 is 1.59 bits per heavy atom. The first-order valence-electron chi connectivity index (χ1n) is 11.4. The molecule has 2 aromatic rings. The second kappa shape index (κ2) is 12.3. The first-order valence-corrected chi connectivity index (χ1v) is 13.2. The van der Waals surface area contributed by atoms with Crippen LogP contribution in [0.4, 0.5) is 0 Å². The van der Waals surface area contributed by atoms with Gasteiger partial charge >= 0.3 is 0 Å². The van der Waals surface area contributed by atoms with Crippen LogP contribution in [0.5, 0.6) is 0 Å². The molecule has 0 aliphatic rings. The average molecular weight is 508 g/mol. The number of halogens is 1. The number of likely N-dealkylation sites (N-methyl/N-ethyl adjacent to an activating group) is 1. The molecule has 2 aromatic carbocycles. The van der Waals surface area contributed by atoms with Crippen molar-refractivity contribution in [1.29, 1.82) is 0 Å². The van der Waals surface area contributed by atoms with Crippen molar-refractivity contribution in [3.63, 3.8) is 0 Å². The number of hydrogen-bond acceptors (Lipinski definition) is 4. The second-order valence-corrected chi connectivity index (χ2v) is 10.9. The van der Waals surface area contributed by atoms with Crippen molar-refractivity contribution in [2.24, 2.45) is 0 Å². The zero-order chi connectivity index (χ0) is 25.5. The minimum atomic E-state index is -3.87. The van der Waals surface area contributed by atoms with Crippen molar-refractivity contribution >= 4 is 33.4 Å². The number of hydrogen-bond donors (Lipinski definition) is 1. The lowest BCUT2D eigenvalue weighted by molar-refractivity contribution is -0.141. The molecule has 0 unspecified atom stereocenters. The van der Waals surface area contributed by atoms with E-state index < -0.39 is 28.5 Å². The molecule has 0 aromatic heterocycles. The third-order valence-corrected chi connectivity index (χ3v) is 7.81. The fourth-order valence-electron chi connectivity index (χ4n) is 3.40. The highest BCUT2D eigenvalue weighted by Gasteiger charge is 2.32. The van der Waals surface area contributed by atoms with Crippen molar-refractivity contribution in [3.05, 3.63) is 64.7 Å². The van der Waals surface area contributed by atoms with Gasteiger partial charge in [-0.2, -0.15) is 4.31 Å². The van der Waals surface area contributed by atoms with E-state index in [1.165, 1.54) is 24.1 Å². The van der Waals surface area contributed by atoms with Gasteiger partial charge in [-0.3, -0.25) is 9.59 Å². The molecule has 2 amide bonds. The molecule has 2 rings (SSSR count). The molecule has 9 heteroatoms. The molecule has 0 aliphatic heterocycles. The van der Waals surface area contributed by atoms with Gasteiger partial charge in [0.2, 0.25) is 21.8 Å². The molecule has 0 saturated heterocycles. The van der Waals surface area contributed by atoms with Gasteiger partial charge < -0.3 is 10.2 Å². The summed E-state index contributed by atoms with van der Waals surface area (Å²) in [5.74, 6) is -0.720. The maximum atomic E-state index is 13.4. The third-order valence-electron chi connectivity index (χ3n) is 5.74. The summed E-state index contributed by atoms with van der Waals surface area (Å²) in [5.41, 5.74) is 1.72. The Bertz CT molecular complexity index is 1070. The SMILES string of the molecule is CC[C@H](C(=O)N[C@@H](C)CC)N(Cc1ccc(Cl)cc1)C(=O)CN(C)S(=O)(=O)c1ccc(C)cc1. The Labute approximate surface area is 208 Å². The molecule has 0 fully saturated rings. The van der Waals surface area contributed by atoms with E-state index in [1.807, 2.05) is 27.7 Å². The normalized spacial score (nSPS) is 13.4. The Morgan fingerprint density at radius 1 is 1.00 bits per heavy atom. The van der Waals surface area contributed by atoms with Crippen LogP contribution in [0.25, 0.3) is 0 Å². The summed E-state index contributed by atoms with van der Waals surface area (Å²) >= 11 is 5.99. The predicted octanol–water partition coefficient (Wildman–Crippen LogP) is 3.99. The number of sulfonamides is 1. The molecular formula is C25H34ClN3O4S. The van der Waals surface area contributed by atoms with Gasteiger partial charge in [-0.05, 0) is 56.5 Å². The smallest absolute Gasteiger partial charge is 0.243 e. The number of carbonyl (C=O) groups is 2. The maximum absolute atomic E-state index is 13.4. The van der Waals surface area contributed by atoms with Crippen LogP contribution in [-0.4, -0.2) is 55.1 Å². The van der Waals surface area contributed by atoms with Crippen molar-refractivity contribution in [1.82, 2.24) is 14.5 Å². The summed E-state index contributed by atoms with van der Waals surface area (Å²) in [7, 11) is -2.50. The van der Waals surface area contributed by atoms with E-state index in [-0.39, 0.29) is 23.4 Å². The Kier molecular flexibility index (Phi) is 10.1. The fourth-order valence-corrected chi connectivity index (χ4v) is 4.65. The number of benzene rings is 2. The van der Waals surface area contributed by atoms with Crippen molar-refractivity contribution in [2.75, 3.05) is 13.6 Å². The Morgan fingerprint density at radius 3 is 2.12 bits per heavy atom. The van der Waals surface area contributed by atoms with Crippen molar-refractivity contribution in [3.8, 4) is 0 Å². The number of amides is 2. The fraction of sp³-hybridized carbons (Fsp3) is 0.440. The van der Waals surface area contributed by atoms with Gasteiger partial charge in [0, 0.05) is 24.7 Å². The predicted molar refractivity (Wildman–Crippen MR) is 135 cm³/mol. The lowest BCUT2D eigenvalue weighted by Crippen LogP contribution is -2.53. The molecule has 0 saturated carbocycles. The topological polar surface area (TPSA) is 86.8 Å². The lowest BCUT2D eigenvalue weighted by Gasteiger charge is -2.32. The molecule has 0 spiro atoms. The van der Waals surface area contributed by atoms with Crippen LogP contribution in [-0.2, 0) is 26.2 Å². The number of carbonyl (C=O) groups excluding carboxylic acids is 2. The second-order valence-electron chi connectivity index (χ2n) is 8.46. The molecule has 1 N–H and O–H groups in total. The minimum Gasteiger partial charge on any atom is -0.352 e. The molecule has 0 bridgehead atoms. The molecule has 7 nitrogen and oxygen atoms in total. The highest BCUT2D eigenvalue weighted by atomic mass is 35.5. The zero-order valence-corrected chi connectivity index (χ0v) is 22.0. The number of aryl methyl sites for hydroxylation is 1. The van der Waals surface area contributed by atoms with Crippen LogP contribution in [0.3, 0.4) is 0 Å². The Balaban J connectivity index is 2.32. The van der Waals surface area contributed by atoms with Gasteiger partial charge in [0.15, 0.2) is 0 Å². The maximum Gasteiger partial charge on any atom is 0.243 e. The van der Waals surface area contributed by atoms with E-state index in [4.69, 9.17) is 11.6 Å². The number of nitrogens with zero attached hydrogens (tertiary/aromatic N) is 2. The highest BCUT2D eigenvalue weighted by molar-refractivity contribution is 7.89. The standard InChI is InChI=1S/C25H34ClN3O4S/c1-6-19(4)27-25(31)23(7-2)29(16-20-10-12-21(26)13-11-20)24(30)17-28(5)34(32,33)22-14-8-18(3)9-15-22/h8-15,19,23H,6-7,16-17H2,1-5H3,(H,27,31)/t19-,23+/m0/s1. The lowest BCUT2D eigenvalue weighted by atomic mass is 10.1. The molecule has 2 atom stereocenters. The molecule has 0 radical (unpaired) electrons. The molecule has 0 aliphatic carbocycles. The van der Waals surface area contributed by atoms with Crippen molar-refractivity contribution < 1.29 is 18.0 Å². The molecular weight excluding hydrogens is 474 g/mol.